The number of furan rings is 1. The number of hydrogen-bond acceptors (Lipinski definition) is 6. The highest BCUT2D eigenvalue weighted by Crippen LogP contribution is 2.26. The lowest BCUT2D eigenvalue weighted by molar-refractivity contribution is -0.146. The van der Waals surface area contributed by atoms with Crippen molar-refractivity contribution in [3.63, 3.8) is 0 Å². The smallest absolute Gasteiger partial charge is 0.310 e. The van der Waals surface area contributed by atoms with Gasteiger partial charge in [0.2, 0.25) is 0 Å². The summed E-state index contributed by atoms with van der Waals surface area (Å²) in [4.78, 5) is 24.0. The van der Waals surface area contributed by atoms with Crippen LogP contribution >= 0.6 is 11.6 Å². The van der Waals surface area contributed by atoms with Gasteiger partial charge in [-0.25, -0.2) is 0 Å². The normalized spacial score (nSPS) is 10.3. The Morgan fingerprint density at radius 1 is 1.25 bits per heavy atom. The third kappa shape index (κ3) is 4.42. The molecule has 0 atom stereocenters. The maximum Gasteiger partial charge on any atom is 0.310 e. The van der Waals surface area contributed by atoms with Crippen LogP contribution in [0.5, 0.6) is 5.75 Å². The van der Waals surface area contributed by atoms with Crippen molar-refractivity contribution in [2.45, 2.75) is 6.42 Å². The molecule has 3 aromatic rings. The van der Waals surface area contributed by atoms with Crippen molar-refractivity contribution in [1.29, 1.82) is 5.26 Å². The Balaban J connectivity index is 1.55. The molecule has 1 aromatic heterocycles. The second-order valence-electron chi connectivity index (χ2n) is 5.82. The van der Waals surface area contributed by atoms with E-state index in [0.717, 1.165) is 5.39 Å². The van der Waals surface area contributed by atoms with Crippen LogP contribution in [0, 0.1) is 11.3 Å². The highest BCUT2D eigenvalue weighted by atomic mass is 35.5. The van der Waals surface area contributed by atoms with Crippen molar-refractivity contribution in [2.75, 3.05) is 19.0 Å². The molecule has 0 aliphatic rings. The molecule has 0 saturated heterocycles. The standard InChI is InChI=1S/C20H15ClN2O5/c1-26-15-4-5-16-13(10-27-18(16)8-15)6-20(25)28-11-19(24)23-14-3-2-12(9-22)17(21)7-14/h2-5,7-8,10H,6,11H2,1H3,(H,23,24). The van der Waals surface area contributed by atoms with Gasteiger partial charge in [-0.15, -0.1) is 0 Å². The third-order valence-corrected chi connectivity index (χ3v) is 4.25. The Labute approximate surface area is 165 Å². The van der Waals surface area contributed by atoms with Crippen LogP contribution in [0.4, 0.5) is 5.69 Å². The number of halogens is 1. The number of nitriles is 1. The molecule has 0 fully saturated rings. The van der Waals surface area contributed by atoms with E-state index in [9.17, 15) is 9.59 Å². The number of hydrogen-bond donors (Lipinski definition) is 1. The molecule has 0 saturated carbocycles. The molecule has 0 aliphatic carbocycles. The average molecular weight is 399 g/mol. The van der Waals surface area contributed by atoms with Crippen molar-refractivity contribution in [3.05, 3.63) is 58.8 Å². The first-order valence-corrected chi connectivity index (χ1v) is 8.57. The molecule has 1 heterocycles. The summed E-state index contributed by atoms with van der Waals surface area (Å²) in [6.45, 7) is -0.444. The fraction of sp³-hybridized carbons (Fsp3) is 0.150. The van der Waals surface area contributed by atoms with Crippen LogP contribution in [0.2, 0.25) is 5.02 Å². The summed E-state index contributed by atoms with van der Waals surface area (Å²) in [6.07, 6.45) is 1.44. The molecule has 142 valence electrons. The molecule has 8 heteroatoms. The Kier molecular flexibility index (Phi) is 5.82. The summed E-state index contributed by atoms with van der Waals surface area (Å²) >= 11 is 5.91. The second kappa shape index (κ2) is 8.46. The predicted octanol–water partition coefficient (Wildman–Crippen LogP) is 3.69. The lowest BCUT2D eigenvalue weighted by Crippen LogP contribution is -2.21. The number of rotatable bonds is 6. The van der Waals surface area contributed by atoms with Gasteiger partial charge in [0, 0.05) is 22.7 Å². The average Bonchev–Trinajstić information content (AvgIpc) is 3.08. The van der Waals surface area contributed by atoms with E-state index in [1.54, 1.807) is 25.3 Å². The number of amides is 1. The Bertz CT molecular complexity index is 1080. The first kappa shape index (κ1) is 19.3. The molecule has 0 radical (unpaired) electrons. The fourth-order valence-electron chi connectivity index (χ4n) is 2.56. The molecule has 0 bridgehead atoms. The van der Waals surface area contributed by atoms with Gasteiger partial charge in [-0.3, -0.25) is 9.59 Å². The van der Waals surface area contributed by atoms with Crippen LogP contribution in [0.3, 0.4) is 0 Å². The highest BCUT2D eigenvalue weighted by molar-refractivity contribution is 6.32. The van der Waals surface area contributed by atoms with Gasteiger partial charge >= 0.3 is 5.97 Å². The number of ether oxygens (including phenoxy) is 2. The number of anilines is 1. The minimum absolute atomic E-state index is 0.0324. The zero-order chi connectivity index (χ0) is 20.1. The number of esters is 1. The minimum Gasteiger partial charge on any atom is -0.497 e. The van der Waals surface area contributed by atoms with Crippen molar-refractivity contribution in [1.82, 2.24) is 0 Å². The van der Waals surface area contributed by atoms with Crippen LogP contribution in [0.25, 0.3) is 11.0 Å². The Hall–Kier alpha value is -3.50. The number of nitrogens with zero attached hydrogens (tertiary/aromatic N) is 1. The van der Waals surface area contributed by atoms with Crippen LogP contribution in [0.1, 0.15) is 11.1 Å². The van der Waals surface area contributed by atoms with E-state index in [0.29, 0.717) is 28.1 Å². The second-order valence-corrected chi connectivity index (χ2v) is 6.22. The van der Waals surface area contributed by atoms with Gasteiger partial charge in [0.1, 0.15) is 17.4 Å². The lowest BCUT2D eigenvalue weighted by atomic mass is 10.1. The van der Waals surface area contributed by atoms with E-state index in [1.165, 1.54) is 24.5 Å². The maximum atomic E-state index is 12.0. The quantitative estimate of drug-likeness (QED) is 0.635. The largest absolute Gasteiger partial charge is 0.497 e. The van der Waals surface area contributed by atoms with Gasteiger partial charge < -0.3 is 19.2 Å². The van der Waals surface area contributed by atoms with E-state index >= 15 is 0 Å². The van der Waals surface area contributed by atoms with Crippen LogP contribution in [-0.4, -0.2) is 25.6 Å². The summed E-state index contributed by atoms with van der Waals surface area (Å²) in [5, 5.41) is 12.4. The molecular formula is C20H15ClN2O5. The molecule has 2 aromatic carbocycles. The van der Waals surface area contributed by atoms with Crippen LogP contribution in [0.15, 0.2) is 47.1 Å². The zero-order valence-electron chi connectivity index (χ0n) is 14.8. The monoisotopic (exact) mass is 398 g/mol. The highest BCUT2D eigenvalue weighted by Gasteiger charge is 2.14. The molecular weight excluding hydrogens is 384 g/mol. The number of nitrogens with one attached hydrogen (secondary N) is 1. The number of methoxy groups -OCH3 is 1. The minimum atomic E-state index is -0.563. The van der Waals surface area contributed by atoms with Crippen molar-refractivity contribution < 1.29 is 23.5 Å². The number of carbonyl (C=O) groups excluding carboxylic acids is 2. The SMILES string of the molecule is COc1ccc2c(CC(=O)OCC(=O)Nc3ccc(C#N)c(Cl)c3)coc2c1. The van der Waals surface area contributed by atoms with E-state index in [-0.39, 0.29) is 11.4 Å². The van der Waals surface area contributed by atoms with Crippen LogP contribution in [-0.2, 0) is 20.7 Å². The van der Waals surface area contributed by atoms with Gasteiger partial charge in [0.25, 0.3) is 5.91 Å². The van der Waals surface area contributed by atoms with Crippen LogP contribution < -0.4 is 10.1 Å². The third-order valence-electron chi connectivity index (χ3n) is 3.94. The maximum absolute atomic E-state index is 12.0. The molecule has 28 heavy (non-hydrogen) atoms. The first-order chi connectivity index (χ1) is 13.5. The fourth-order valence-corrected chi connectivity index (χ4v) is 2.78. The summed E-state index contributed by atoms with van der Waals surface area (Å²) in [7, 11) is 1.55. The Morgan fingerprint density at radius 2 is 2.07 bits per heavy atom. The Morgan fingerprint density at radius 3 is 2.79 bits per heavy atom. The zero-order valence-corrected chi connectivity index (χ0v) is 15.6. The van der Waals surface area contributed by atoms with Crippen molar-refractivity contribution in [3.8, 4) is 11.8 Å². The first-order valence-electron chi connectivity index (χ1n) is 8.19. The molecule has 0 aliphatic heterocycles. The number of fused-ring (bicyclic) bond motifs is 1. The summed E-state index contributed by atoms with van der Waals surface area (Å²) in [6, 6.07) is 11.7. The van der Waals surface area contributed by atoms with E-state index < -0.39 is 18.5 Å². The van der Waals surface area contributed by atoms with Gasteiger partial charge in [0.15, 0.2) is 6.61 Å². The van der Waals surface area contributed by atoms with Gasteiger partial charge in [-0.1, -0.05) is 11.6 Å². The number of carbonyl (C=O) groups is 2. The van der Waals surface area contributed by atoms with Gasteiger partial charge in [0.05, 0.1) is 30.4 Å². The van der Waals surface area contributed by atoms with E-state index in [2.05, 4.69) is 5.32 Å². The van der Waals surface area contributed by atoms with Gasteiger partial charge in [-0.2, -0.15) is 5.26 Å². The molecule has 0 spiro atoms. The molecule has 1 N–H and O–H groups in total. The van der Waals surface area contributed by atoms with E-state index in [4.69, 9.17) is 30.8 Å². The van der Waals surface area contributed by atoms with Crippen molar-refractivity contribution >= 4 is 40.1 Å². The predicted molar refractivity (Wildman–Crippen MR) is 102 cm³/mol. The molecule has 0 unspecified atom stereocenters. The summed E-state index contributed by atoms with van der Waals surface area (Å²) in [5.41, 5.74) is 1.95. The molecule has 1 amide bonds. The molecule has 7 nitrogen and oxygen atoms in total. The lowest BCUT2D eigenvalue weighted by Gasteiger charge is -2.07. The number of benzene rings is 2. The van der Waals surface area contributed by atoms with E-state index in [1.807, 2.05) is 6.07 Å². The topological polar surface area (TPSA) is 102 Å². The summed E-state index contributed by atoms with van der Waals surface area (Å²) < 4.78 is 15.6. The summed E-state index contributed by atoms with van der Waals surface area (Å²) in [5.74, 6) is -0.432. The molecule has 3 rings (SSSR count). The van der Waals surface area contributed by atoms with Crippen molar-refractivity contribution in [2.24, 2.45) is 0 Å². The van der Waals surface area contributed by atoms with Gasteiger partial charge in [-0.05, 0) is 30.3 Å².